The standard InChI is InChI=1S/C22H26N2O6S/c1-22(2,3)14-5-7-17-16(11-14)24(31(4,26)27)13-20(30-17)21(25)23-15-6-8-18-19(12-15)29-10-9-28-18/h5-8,11-12,20H,9-10,13H2,1-4H3,(H,23,25). The molecule has 1 unspecified atom stereocenters. The summed E-state index contributed by atoms with van der Waals surface area (Å²) in [4.78, 5) is 12.9. The van der Waals surface area contributed by atoms with Crippen molar-refractivity contribution in [2.75, 3.05) is 35.6 Å². The normalized spacial score (nSPS) is 18.1. The maximum absolute atomic E-state index is 12.9. The van der Waals surface area contributed by atoms with Crippen molar-refractivity contribution in [3.8, 4) is 17.2 Å². The number of ether oxygens (including phenoxy) is 3. The Kier molecular flexibility index (Phi) is 5.25. The number of fused-ring (bicyclic) bond motifs is 2. The quantitative estimate of drug-likeness (QED) is 0.779. The summed E-state index contributed by atoms with van der Waals surface area (Å²) in [7, 11) is -3.62. The molecule has 1 N–H and O–H groups in total. The number of carbonyl (C=O) groups is 1. The first kappa shape index (κ1) is 21.3. The molecule has 0 bridgehead atoms. The molecule has 0 radical (unpaired) electrons. The molecule has 0 saturated heterocycles. The third-order valence-corrected chi connectivity index (χ3v) is 6.34. The summed E-state index contributed by atoms with van der Waals surface area (Å²) in [5, 5.41) is 2.78. The molecule has 9 heteroatoms. The highest BCUT2D eigenvalue weighted by molar-refractivity contribution is 7.92. The van der Waals surface area contributed by atoms with Crippen LogP contribution in [0.3, 0.4) is 0 Å². The number of hydrogen-bond donors (Lipinski definition) is 1. The second kappa shape index (κ2) is 7.64. The zero-order valence-corrected chi connectivity index (χ0v) is 18.8. The van der Waals surface area contributed by atoms with Crippen LogP contribution in [-0.2, 0) is 20.2 Å². The SMILES string of the molecule is CC(C)(C)c1ccc2c(c1)N(S(C)(=O)=O)CC(C(=O)Nc1ccc3c(c1)OCCO3)O2. The summed E-state index contributed by atoms with van der Waals surface area (Å²) in [5.74, 6) is 1.07. The summed E-state index contributed by atoms with van der Waals surface area (Å²) in [6.45, 7) is 6.95. The van der Waals surface area contributed by atoms with Crippen LogP contribution >= 0.6 is 0 Å². The van der Waals surface area contributed by atoms with Crippen molar-refractivity contribution in [3.63, 3.8) is 0 Å². The average molecular weight is 447 g/mol. The Morgan fingerprint density at radius 2 is 1.71 bits per heavy atom. The van der Waals surface area contributed by atoms with Crippen molar-refractivity contribution in [2.24, 2.45) is 0 Å². The molecule has 2 heterocycles. The first-order valence-electron chi connectivity index (χ1n) is 10.0. The predicted molar refractivity (Wildman–Crippen MR) is 118 cm³/mol. The van der Waals surface area contributed by atoms with Crippen LogP contribution in [0.25, 0.3) is 0 Å². The van der Waals surface area contributed by atoms with Gasteiger partial charge >= 0.3 is 0 Å². The van der Waals surface area contributed by atoms with Gasteiger partial charge in [-0.25, -0.2) is 8.42 Å². The van der Waals surface area contributed by atoms with Crippen LogP contribution in [0.15, 0.2) is 36.4 Å². The van der Waals surface area contributed by atoms with Crippen LogP contribution in [0, 0.1) is 0 Å². The average Bonchev–Trinajstić information content (AvgIpc) is 2.71. The first-order chi connectivity index (χ1) is 14.5. The highest BCUT2D eigenvalue weighted by atomic mass is 32.2. The number of benzene rings is 2. The Bertz CT molecular complexity index is 1120. The summed E-state index contributed by atoms with van der Waals surface area (Å²) < 4.78 is 43.2. The molecular weight excluding hydrogens is 420 g/mol. The zero-order chi connectivity index (χ0) is 22.4. The van der Waals surface area contributed by atoms with Gasteiger partial charge in [-0.1, -0.05) is 26.8 Å². The van der Waals surface area contributed by atoms with E-state index in [1.165, 1.54) is 4.31 Å². The van der Waals surface area contributed by atoms with E-state index >= 15 is 0 Å². The van der Waals surface area contributed by atoms with Gasteiger partial charge in [0, 0.05) is 11.8 Å². The Labute approximate surface area is 182 Å². The molecule has 2 aromatic carbocycles. The van der Waals surface area contributed by atoms with Crippen LogP contribution in [0.1, 0.15) is 26.3 Å². The van der Waals surface area contributed by atoms with E-state index in [2.05, 4.69) is 5.32 Å². The number of rotatable bonds is 3. The molecule has 0 aliphatic carbocycles. The third kappa shape index (κ3) is 4.41. The number of nitrogens with zero attached hydrogens (tertiary/aromatic N) is 1. The van der Waals surface area contributed by atoms with Gasteiger partial charge < -0.3 is 19.5 Å². The van der Waals surface area contributed by atoms with E-state index in [-0.39, 0.29) is 12.0 Å². The topological polar surface area (TPSA) is 94.2 Å². The van der Waals surface area contributed by atoms with Gasteiger partial charge in [0.25, 0.3) is 5.91 Å². The van der Waals surface area contributed by atoms with Crippen molar-refractivity contribution >= 4 is 27.3 Å². The van der Waals surface area contributed by atoms with Gasteiger partial charge in [-0.2, -0.15) is 0 Å². The van der Waals surface area contributed by atoms with Crippen molar-refractivity contribution in [1.29, 1.82) is 0 Å². The molecule has 2 aromatic rings. The molecule has 0 fully saturated rings. The molecular formula is C22H26N2O6S. The molecule has 1 atom stereocenters. The van der Waals surface area contributed by atoms with E-state index in [1.807, 2.05) is 32.9 Å². The molecule has 4 rings (SSSR count). The first-order valence-corrected chi connectivity index (χ1v) is 11.9. The fourth-order valence-electron chi connectivity index (χ4n) is 3.51. The van der Waals surface area contributed by atoms with Gasteiger partial charge in [0.2, 0.25) is 10.0 Å². The van der Waals surface area contributed by atoms with Gasteiger partial charge in [-0.05, 0) is 35.2 Å². The van der Waals surface area contributed by atoms with E-state index in [1.54, 1.807) is 24.3 Å². The van der Waals surface area contributed by atoms with Crippen molar-refractivity contribution in [2.45, 2.75) is 32.3 Å². The maximum atomic E-state index is 12.9. The minimum atomic E-state index is -3.62. The lowest BCUT2D eigenvalue weighted by Gasteiger charge is -2.35. The Hall–Kier alpha value is -2.94. The monoisotopic (exact) mass is 446 g/mol. The van der Waals surface area contributed by atoms with Gasteiger partial charge in [-0.3, -0.25) is 9.10 Å². The van der Waals surface area contributed by atoms with Gasteiger partial charge in [0.15, 0.2) is 17.6 Å². The molecule has 2 aliphatic heterocycles. The minimum absolute atomic E-state index is 0.115. The summed E-state index contributed by atoms with van der Waals surface area (Å²) in [6.07, 6.45) is 0.123. The Balaban J connectivity index is 1.60. The second-order valence-electron chi connectivity index (χ2n) is 8.68. The van der Waals surface area contributed by atoms with E-state index in [9.17, 15) is 13.2 Å². The lowest BCUT2D eigenvalue weighted by molar-refractivity contribution is -0.122. The number of carbonyl (C=O) groups excluding carboxylic acids is 1. The zero-order valence-electron chi connectivity index (χ0n) is 18.0. The highest BCUT2D eigenvalue weighted by Crippen LogP contribution is 2.39. The molecule has 0 spiro atoms. The fraction of sp³-hybridized carbons (Fsp3) is 0.409. The number of amides is 1. The number of sulfonamides is 1. The van der Waals surface area contributed by atoms with E-state index in [0.29, 0.717) is 41.8 Å². The van der Waals surface area contributed by atoms with Gasteiger partial charge in [-0.15, -0.1) is 0 Å². The summed E-state index contributed by atoms with van der Waals surface area (Å²) in [5.41, 5.74) is 1.77. The summed E-state index contributed by atoms with van der Waals surface area (Å²) in [6, 6.07) is 10.5. The van der Waals surface area contributed by atoms with Gasteiger partial charge in [0.05, 0.1) is 18.5 Å². The lowest BCUT2D eigenvalue weighted by atomic mass is 9.86. The van der Waals surface area contributed by atoms with Crippen LogP contribution in [0.2, 0.25) is 0 Å². The molecule has 31 heavy (non-hydrogen) atoms. The van der Waals surface area contributed by atoms with Crippen LogP contribution < -0.4 is 23.8 Å². The molecule has 0 aromatic heterocycles. The number of hydrogen-bond acceptors (Lipinski definition) is 6. The van der Waals surface area contributed by atoms with Gasteiger partial charge in [0.1, 0.15) is 19.0 Å². The highest BCUT2D eigenvalue weighted by Gasteiger charge is 2.36. The van der Waals surface area contributed by atoms with Crippen LogP contribution in [0.5, 0.6) is 17.2 Å². The van der Waals surface area contributed by atoms with Crippen molar-refractivity contribution in [1.82, 2.24) is 0 Å². The Morgan fingerprint density at radius 3 is 2.39 bits per heavy atom. The van der Waals surface area contributed by atoms with E-state index in [0.717, 1.165) is 11.8 Å². The van der Waals surface area contributed by atoms with Crippen molar-refractivity contribution < 1.29 is 27.4 Å². The van der Waals surface area contributed by atoms with Crippen LogP contribution in [-0.4, -0.2) is 46.4 Å². The largest absolute Gasteiger partial charge is 0.486 e. The van der Waals surface area contributed by atoms with Crippen molar-refractivity contribution in [3.05, 3.63) is 42.0 Å². The maximum Gasteiger partial charge on any atom is 0.267 e. The predicted octanol–water partition coefficient (Wildman–Crippen LogP) is 2.92. The molecule has 2 aliphatic rings. The number of nitrogens with one attached hydrogen (secondary N) is 1. The molecule has 1 amide bonds. The molecule has 0 saturated carbocycles. The van der Waals surface area contributed by atoms with E-state index < -0.39 is 22.0 Å². The smallest absolute Gasteiger partial charge is 0.267 e. The number of anilines is 2. The summed E-state index contributed by atoms with van der Waals surface area (Å²) >= 11 is 0. The molecule has 8 nitrogen and oxygen atoms in total. The third-order valence-electron chi connectivity index (χ3n) is 5.20. The lowest BCUT2D eigenvalue weighted by Crippen LogP contribution is -2.48. The van der Waals surface area contributed by atoms with E-state index in [4.69, 9.17) is 14.2 Å². The minimum Gasteiger partial charge on any atom is -0.486 e. The second-order valence-corrected chi connectivity index (χ2v) is 10.6. The fourth-order valence-corrected chi connectivity index (χ4v) is 4.42. The van der Waals surface area contributed by atoms with Crippen LogP contribution in [0.4, 0.5) is 11.4 Å². The molecule has 166 valence electrons. The Morgan fingerprint density at radius 1 is 1.03 bits per heavy atom.